The molecule has 2 heterocycles. The van der Waals surface area contributed by atoms with Crippen LogP contribution in [0.25, 0.3) is 17.0 Å². The Kier molecular flexibility index (Phi) is 2.93. The van der Waals surface area contributed by atoms with Crippen LogP contribution in [0.4, 0.5) is 0 Å². The van der Waals surface area contributed by atoms with Crippen LogP contribution in [0.2, 0.25) is 5.02 Å². The second-order valence-electron chi connectivity index (χ2n) is 3.96. The van der Waals surface area contributed by atoms with Crippen LogP contribution >= 0.6 is 11.6 Å². The minimum absolute atomic E-state index is 0.219. The van der Waals surface area contributed by atoms with Gasteiger partial charge in [-0.05, 0) is 36.4 Å². The molecule has 3 aromatic rings. The first-order valence-electron chi connectivity index (χ1n) is 5.63. The zero-order chi connectivity index (χ0) is 13.2. The molecule has 19 heavy (non-hydrogen) atoms. The Balaban J connectivity index is 1.89. The topological polar surface area (TPSA) is 58.9 Å². The van der Waals surface area contributed by atoms with E-state index < -0.39 is 0 Å². The Morgan fingerprint density at radius 3 is 3.05 bits per heavy atom. The molecule has 4 nitrogen and oxygen atoms in total. The summed E-state index contributed by atoms with van der Waals surface area (Å²) >= 11 is 5.88. The number of aromatic nitrogens is 2. The fourth-order valence-electron chi connectivity index (χ4n) is 1.74. The van der Waals surface area contributed by atoms with Gasteiger partial charge in [-0.2, -0.15) is 0 Å². The average Bonchev–Trinajstić information content (AvgIpc) is 3.04. The normalized spacial score (nSPS) is 11.4. The van der Waals surface area contributed by atoms with E-state index in [2.05, 4.69) is 9.97 Å². The number of furan rings is 1. The maximum atomic E-state index is 11.9. The smallest absolute Gasteiger partial charge is 0.221 e. The highest BCUT2D eigenvalue weighted by Crippen LogP contribution is 2.23. The van der Waals surface area contributed by atoms with Gasteiger partial charge in [0.25, 0.3) is 0 Å². The van der Waals surface area contributed by atoms with E-state index in [-0.39, 0.29) is 11.5 Å². The van der Waals surface area contributed by atoms with Gasteiger partial charge in [-0.3, -0.25) is 4.79 Å². The summed E-state index contributed by atoms with van der Waals surface area (Å²) in [5.74, 6) is 0.677. The molecule has 1 aromatic carbocycles. The predicted octanol–water partition coefficient (Wildman–Crippen LogP) is 3.71. The molecule has 0 aliphatic carbocycles. The van der Waals surface area contributed by atoms with E-state index in [4.69, 9.17) is 16.0 Å². The molecule has 0 saturated heterocycles. The van der Waals surface area contributed by atoms with Gasteiger partial charge < -0.3 is 9.40 Å². The van der Waals surface area contributed by atoms with Gasteiger partial charge in [0.15, 0.2) is 5.76 Å². The Labute approximate surface area is 113 Å². The standard InChI is InChI=1S/C14H9ClN2O2/c15-10-1-3-12-9(7-10)8-13(19-12)11(18)2-4-14-16-5-6-17-14/h1-8H,(H,16,17)/b4-2-. The molecule has 0 aliphatic heterocycles. The van der Waals surface area contributed by atoms with Crippen molar-refractivity contribution in [3.8, 4) is 0 Å². The zero-order valence-corrected chi connectivity index (χ0v) is 10.5. The first kappa shape index (κ1) is 11.7. The molecule has 2 aromatic heterocycles. The van der Waals surface area contributed by atoms with Gasteiger partial charge in [0, 0.05) is 22.8 Å². The predicted molar refractivity (Wildman–Crippen MR) is 73.2 cm³/mol. The molecule has 0 spiro atoms. The van der Waals surface area contributed by atoms with E-state index in [1.165, 1.54) is 6.08 Å². The van der Waals surface area contributed by atoms with Crippen LogP contribution in [0.3, 0.4) is 0 Å². The Morgan fingerprint density at radius 2 is 2.26 bits per heavy atom. The highest BCUT2D eigenvalue weighted by Gasteiger charge is 2.09. The number of benzene rings is 1. The lowest BCUT2D eigenvalue weighted by Gasteiger charge is -1.88. The third kappa shape index (κ3) is 2.44. The monoisotopic (exact) mass is 272 g/mol. The number of allylic oxidation sites excluding steroid dienone is 1. The van der Waals surface area contributed by atoms with E-state index in [0.717, 1.165) is 5.39 Å². The fourth-order valence-corrected chi connectivity index (χ4v) is 1.92. The molecule has 3 rings (SSSR count). The van der Waals surface area contributed by atoms with Gasteiger partial charge in [0.1, 0.15) is 11.4 Å². The van der Waals surface area contributed by atoms with Crippen LogP contribution in [0.15, 0.2) is 47.2 Å². The van der Waals surface area contributed by atoms with Crippen LogP contribution in [0.5, 0.6) is 0 Å². The number of fused-ring (bicyclic) bond motifs is 1. The van der Waals surface area contributed by atoms with Crippen molar-refractivity contribution in [2.45, 2.75) is 0 Å². The number of rotatable bonds is 3. The lowest BCUT2D eigenvalue weighted by atomic mass is 10.2. The second kappa shape index (κ2) is 4.74. The van der Waals surface area contributed by atoms with E-state index in [0.29, 0.717) is 16.4 Å². The first-order valence-corrected chi connectivity index (χ1v) is 6.01. The molecule has 0 unspecified atom stereocenters. The van der Waals surface area contributed by atoms with Gasteiger partial charge >= 0.3 is 0 Å². The number of ketones is 1. The number of aromatic amines is 1. The Bertz CT molecular complexity index is 757. The highest BCUT2D eigenvalue weighted by molar-refractivity contribution is 6.31. The molecule has 94 valence electrons. The minimum atomic E-state index is -0.219. The van der Waals surface area contributed by atoms with Crippen molar-refractivity contribution in [1.29, 1.82) is 0 Å². The van der Waals surface area contributed by atoms with Crippen LogP contribution in [0.1, 0.15) is 16.4 Å². The van der Waals surface area contributed by atoms with Crippen molar-refractivity contribution < 1.29 is 9.21 Å². The summed E-state index contributed by atoms with van der Waals surface area (Å²) in [7, 11) is 0. The quantitative estimate of drug-likeness (QED) is 0.584. The molecule has 5 heteroatoms. The largest absolute Gasteiger partial charge is 0.453 e. The lowest BCUT2D eigenvalue weighted by molar-refractivity contribution is 0.102. The maximum Gasteiger partial charge on any atom is 0.221 e. The summed E-state index contributed by atoms with van der Waals surface area (Å²) in [5.41, 5.74) is 0.638. The van der Waals surface area contributed by atoms with Crippen molar-refractivity contribution >= 4 is 34.4 Å². The highest BCUT2D eigenvalue weighted by atomic mass is 35.5. The van der Waals surface area contributed by atoms with Crippen LogP contribution in [0, 0.1) is 0 Å². The molecule has 0 bridgehead atoms. The number of H-pyrrole nitrogens is 1. The summed E-state index contributed by atoms with van der Waals surface area (Å²) in [6.07, 6.45) is 6.32. The number of hydrogen-bond acceptors (Lipinski definition) is 3. The van der Waals surface area contributed by atoms with E-state index in [1.807, 2.05) is 0 Å². The molecule has 0 amide bonds. The van der Waals surface area contributed by atoms with Gasteiger partial charge in [0.05, 0.1) is 0 Å². The molecule has 0 atom stereocenters. The van der Waals surface area contributed by atoms with Crippen molar-refractivity contribution in [2.75, 3.05) is 0 Å². The van der Waals surface area contributed by atoms with Crippen LogP contribution in [-0.2, 0) is 0 Å². The molecule has 0 saturated carbocycles. The van der Waals surface area contributed by atoms with Gasteiger partial charge in [0.2, 0.25) is 5.78 Å². The number of carbonyl (C=O) groups excluding carboxylic acids is 1. The third-order valence-corrected chi connectivity index (χ3v) is 2.87. The summed E-state index contributed by atoms with van der Waals surface area (Å²) in [6.45, 7) is 0. The fraction of sp³-hybridized carbons (Fsp3) is 0. The second-order valence-corrected chi connectivity index (χ2v) is 4.40. The van der Waals surface area contributed by atoms with Gasteiger partial charge in [-0.15, -0.1) is 0 Å². The average molecular weight is 273 g/mol. The molecular weight excluding hydrogens is 264 g/mol. The van der Waals surface area contributed by atoms with Crippen molar-refractivity contribution in [3.63, 3.8) is 0 Å². The first-order chi connectivity index (χ1) is 9.22. The van der Waals surface area contributed by atoms with Gasteiger partial charge in [-0.1, -0.05) is 11.6 Å². The SMILES string of the molecule is O=C(/C=C\c1ncc[nH]1)c1cc2cc(Cl)ccc2o1. The molecule has 0 radical (unpaired) electrons. The zero-order valence-electron chi connectivity index (χ0n) is 9.76. The molecule has 1 N–H and O–H groups in total. The lowest BCUT2D eigenvalue weighted by Crippen LogP contribution is -1.90. The Morgan fingerprint density at radius 1 is 1.37 bits per heavy atom. The molecule has 0 fully saturated rings. The Hall–Kier alpha value is -2.33. The minimum Gasteiger partial charge on any atom is -0.453 e. The van der Waals surface area contributed by atoms with Crippen molar-refractivity contribution in [2.24, 2.45) is 0 Å². The van der Waals surface area contributed by atoms with Crippen LogP contribution < -0.4 is 0 Å². The summed E-state index contributed by atoms with van der Waals surface area (Å²) in [5, 5.41) is 1.42. The maximum absolute atomic E-state index is 11.9. The van der Waals surface area contributed by atoms with Crippen molar-refractivity contribution in [1.82, 2.24) is 9.97 Å². The number of hydrogen-bond donors (Lipinski definition) is 1. The summed E-state index contributed by atoms with van der Waals surface area (Å²) in [4.78, 5) is 18.8. The summed E-state index contributed by atoms with van der Waals surface area (Å²) < 4.78 is 5.46. The van der Waals surface area contributed by atoms with Crippen LogP contribution in [-0.4, -0.2) is 15.8 Å². The molecule has 0 aliphatic rings. The van der Waals surface area contributed by atoms with E-state index in [9.17, 15) is 4.79 Å². The number of nitrogens with zero attached hydrogens (tertiary/aromatic N) is 1. The number of halogens is 1. The number of nitrogens with one attached hydrogen (secondary N) is 1. The molecular formula is C14H9ClN2O2. The summed E-state index contributed by atoms with van der Waals surface area (Å²) in [6, 6.07) is 6.90. The van der Waals surface area contributed by atoms with Crippen molar-refractivity contribution in [3.05, 3.63) is 59.3 Å². The van der Waals surface area contributed by atoms with E-state index >= 15 is 0 Å². The van der Waals surface area contributed by atoms with E-state index in [1.54, 1.807) is 42.7 Å². The van der Waals surface area contributed by atoms with Gasteiger partial charge in [-0.25, -0.2) is 4.98 Å². The number of imidazole rings is 1. The third-order valence-electron chi connectivity index (χ3n) is 2.63. The number of carbonyl (C=O) groups is 1.